The van der Waals surface area contributed by atoms with Crippen molar-refractivity contribution < 1.29 is 0 Å². The van der Waals surface area contributed by atoms with Crippen LogP contribution in [0.5, 0.6) is 0 Å². The summed E-state index contributed by atoms with van der Waals surface area (Å²) in [5.74, 6) is 0. The maximum absolute atomic E-state index is 2.42. The van der Waals surface area contributed by atoms with Crippen molar-refractivity contribution in [2.45, 2.75) is 33.6 Å². The van der Waals surface area contributed by atoms with Gasteiger partial charge in [0.15, 0.2) is 0 Å². The van der Waals surface area contributed by atoms with E-state index in [0.29, 0.717) is 0 Å². The highest BCUT2D eigenvalue weighted by Gasteiger charge is 2.05. The highest BCUT2D eigenvalue weighted by molar-refractivity contribution is 4.50. The summed E-state index contributed by atoms with van der Waals surface area (Å²) in [7, 11) is 2.16. The Morgan fingerprint density at radius 1 is 0.909 bits per heavy atom. The van der Waals surface area contributed by atoms with E-state index in [-0.39, 0.29) is 0 Å². The van der Waals surface area contributed by atoms with Crippen LogP contribution in [0.2, 0.25) is 0 Å². The van der Waals surface area contributed by atoms with E-state index >= 15 is 0 Å². The second-order valence-electron chi connectivity index (χ2n) is 2.93. The van der Waals surface area contributed by atoms with Gasteiger partial charge in [-0.1, -0.05) is 20.8 Å². The Labute approximate surface area is 71.1 Å². The van der Waals surface area contributed by atoms with Gasteiger partial charge < -0.3 is 0 Å². The normalized spacial score (nSPS) is 11.5. The van der Waals surface area contributed by atoms with Crippen LogP contribution in [-0.4, -0.2) is 36.7 Å². The van der Waals surface area contributed by atoms with Crippen molar-refractivity contribution in [1.29, 1.82) is 0 Å². The number of hydrazine groups is 1. The molecule has 0 radical (unpaired) electrons. The zero-order valence-electron chi connectivity index (χ0n) is 8.43. The molecule has 0 heterocycles. The van der Waals surface area contributed by atoms with Gasteiger partial charge in [0.25, 0.3) is 0 Å². The van der Waals surface area contributed by atoms with Crippen LogP contribution in [0.3, 0.4) is 0 Å². The van der Waals surface area contributed by atoms with E-state index in [1.54, 1.807) is 0 Å². The summed E-state index contributed by atoms with van der Waals surface area (Å²) in [5.41, 5.74) is 0. The van der Waals surface area contributed by atoms with E-state index < -0.39 is 0 Å². The van der Waals surface area contributed by atoms with Crippen LogP contribution >= 0.6 is 0 Å². The fourth-order valence-electron chi connectivity index (χ4n) is 1.17. The summed E-state index contributed by atoms with van der Waals surface area (Å²) in [4.78, 5) is 0. The number of nitrogens with zero attached hydrogens (tertiary/aromatic N) is 2. The molecule has 0 spiro atoms. The molecule has 0 fully saturated rings. The molecule has 0 aromatic carbocycles. The largest absolute Gasteiger partial charge is 0.245 e. The first-order valence-corrected chi connectivity index (χ1v) is 4.72. The van der Waals surface area contributed by atoms with Gasteiger partial charge in [0.2, 0.25) is 0 Å². The smallest absolute Gasteiger partial charge is 0.0130 e. The van der Waals surface area contributed by atoms with Crippen LogP contribution < -0.4 is 0 Å². The molecule has 0 N–H and O–H groups in total. The van der Waals surface area contributed by atoms with Crippen molar-refractivity contribution in [2.75, 3.05) is 26.7 Å². The molecule has 0 aromatic rings. The first-order chi connectivity index (χ1) is 5.26. The summed E-state index contributed by atoms with van der Waals surface area (Å²) in [6.07, 6.45) is 2.48. The quantitative estimate of drug-likeness (QED) is 0.545. The predicted molar refractivity (Wildman–Crippen MR) is 50.5 cm³/mol. The Balaban J connectivity index is 3.66. The van der Waals surface area contributed by atoms with Crippen LogP contribution in [0.4, 0.5) is 0 Å². The average Bonchev–Trinajstić information content (AvgIpc) is 2.03. The molecular formula is C9H22N2. The van der Waals surface area contributed by atoms with Crippen molar-refractivity contribution in [3.63, 3.8) is 0 Å². The summed E-state index contributed by atoms with van der Waals surface area (Å²) in [6.45, 7) is 10.1. The third-order valence-corrected chi connectivity index (χ3v) is 1.90. The van der Waals surface area contributed by atoms with E-state index in [9.17, 15) is 0 Å². The van der Waals surface area contributed by atoms with Gasteiger partial charge in [0.1, 0.15) is 0 Å². The Hall–Kier alpha value is -0.0800. The molecule has 0 saturated carbocycles. The molecule has 0 bridgehead atoms. The van der Waals surface area contributed by atoms with E-state index in [4.69, 9.17) is 0 Å². The second-order valence-corrected chi connectivity index (χ2v) is 2.93. The maximum atomic E-state index is 2.42. The highest BCUT2D eigenvalue weighted by atomic mass is 15.6. The average molecular weight is 158 g/mol. The molecule has 0 aliphatic rings. The van der Waals surface area contributed by atoms with Gasteiger partial charge in [0.05, 0.1) is 0 Å². The van der Waals surface area contributed by atoms with Crippen LogP contribution in [0.1, 0.15) is 33.6 Å². The summed E-state index contributed by atoms with van der Waals surface area (Å²) < 4.78 is 0. The molecule has 0 atom stereocenters. The first-order valence-electron chi connectivity index (χ1n) is 4.72. The van der Waals surface area contributed by atoms with Crippen molar-refractivity contribution in [3.05, 3.63) is 0 Å². The minimum absolute atomic E-state index is 1.11. The Bertz CT molecular complexity index is 77.6. The van der Waals surface area contributed by atoms with E-state index in [1.165, 1.54) is 25.9 Å². The number of hydrogen-bond acceptors (Lipinski definition) is 2. The third kappa shape index (κ3) is 4.38. The van der Waals surface area contributed by atoms with Crippen molar-refractivity contribution >= 4 is 0 Å². The second kappa shape index (κ2) is 6.62. The lowest BCUT2D eigenvalue weighted by Gasteiger charge is -2.30. The molecule has 2 nitrogen and oxygen atoms in total. The van der Waals surface area contributed by atoms with Gasteiger partial charge in [-0.15, -0.1) is 0 Å². The topological polar surface area (TPSA) is 6.48 Å². The predicted octanol–water partition coefficient (Wildman–Crippen LogP) is 1.98. The molecule has 68 valence electrons. The summed E-state index contributed by atoms with van der Waals surface area (Å²) in [5, 5.41) is 4.72. The molecule has 0 aromatic heterocycles. The van der Waals surface area contributed by atoms with E-state index in [2.05, 4.69) is 37.8 Å². The van der Waals surface area contributed by atoms with Crippen LogP contribution in [0, 0.1) is 0 Å². The molecule has 0 saturated heterocycles. The molecule has 0 aliphatic carbocycles. The monoisotopic (exact) mass is 158 g/mol. The lowest BCUT2D eigenvalue weighted by atomic mass is 10.4. The fraction of sp³-hybridized carbons (Fsp3) is 1.00. The fourth-order valence-corrected chi connectivity index (χ4v) is 1.17. The molecule has 0 unspecified atom stereocenters. The summed E-state index contributed by atoms with van der Waals surface area (Å²) >= 11 is 0. The Morgan fingerprint density at radius 3 is 1.64 bits per heavy atom. The third-order valence-electron chi connectivity index (χ3n) is 1.90. The molecular weight excluding hydrogens is 136 g/mol. The Kier molecular flexibility index (Phi) is 6.57. The van der Waals surface area contributed by atoms with Gasteiger partial charge >= 0.3 is 0 Å². The zero-order valence-corrected chi connectivity index (χ0v) is 8.43. The minimum atomic E-state index is 1.11. The maximum Gasteiger partial charge on any atom is 0.0130 e. The van der Waals surface area contributed by atoms with E-state index in [1.807, 2.05) is 0 Å². The number of hydrogen-bond donors (Lipinski definition) is 0. The van der Waals surface area contributed by atoms with Crippen molar-refractivity contribution in [3.8, 4) is 0 Å². The van der Waals surface area contributed by atoms with Gasteiger partial charge in [-0.25, -0.2) is 10.0 Å². The van der Waals surface area contributed by atoms with Gasteiger partial charge in [0, 0.05) is 26.7 Å². The van der Waals surface area contributed by atoms with Crippen molar-refractivity contribution in [1.82, 2.24) is 10.0 Å². The minimum Gasteiger partial charge on any atom is -0.245 e. The molecule has 11 heavy (non-hydrogen) atoms. The lowest BCUT2D eigenvalue weighted by Crippen LogP contribution is -2.40. The highest BCUT2D eigenvalue weighted by Crippen LogP contribution is 1.97. The van der Waals surface area contributed by atoms with Gasteiger partial charge in [-0.3, -0.25) is 0 Å². The van der Waals surface area contributed by atoms with Crippen LogP contribution in [0.15, 0.2) is 0 Å². The van der Waals surface area contributed by atoms with Crippen molar-refractivity contribution in [2.24, 2.45) is 0 Å². The standard InChI is InChI=1S/C9H22N2/c1-5-8-11(9-6-2)10(4)7-3/h5-9H2,1-4H3. The molecule has 0 aliphatic heterocycles. The van der Waals surface area contributed by atoms with Gasteiger partial charge in [-0.05, 0) is 12.8 Å². The number of rotatable bonds is 6. The molecule has 0 rings (SSSR count). The Morgan fingerprint density at radius 2 is 1.36 bits per heavy atom. The van der Waals surface area contributed by atoms with Crippen LogP contribution in [0.25, 0.3) is 0 Å². The molecule has 2 heteroatoms. The van der Waals surface area contributed by atoms with E-state index in [0.717, 1.165) is 6.54 Å². The van der Waals surface area contributed by atoms with Crippen LogP contribution in [-0.2, 0) is 0 Å². The first kappa shape index (κ1) is 10.9. The zero-order chi connectivity index (χ0) is 8.69. The summed E-state index contributed by atoms with van der Waals surface area (Å²) in [6, 6.07) is 0. The lowest BCUT2D eigenvalue weighted by molar-refractivity contribution is 0.00452. The molecule has 0 amide bonds. The SMILES string of the molecule is CCCN(CCC)N(C)CC. The van der Waals surface area contributed by atoms with Gasteiger partial charge in [-0.2, -0.15) is 0 Å².